The third kappa shape index (κ3) is 5.46. The first-order chi connectivity index (χ1) is 30.2. The Labute approximate surface area is 358 Å². The van der Waals surface area contributed by atoms with Gasteiger partial charge in [0.25, 0.3) is 0 Å². The SMILES string of the molecule is CC1(C)c2ccccc2N(c2cc(-c3cc(-c4nc5cccnc5o4)cc(N4c5ccccc5C(C)(C)c5ccccc54)c3)cc(-c3nc4cccnc4o3)c2)c2ccccc21. The number of hydrogen-bond acceptors (Lipinski definition) is 8. The van der Waals surface area contributed by atoms with E-state index in [1.54, 1.807) is 12.4 Å². The van der Waals surface area contributed by atoms with Crippen molar-refractivity contribution < 1.29 is 8.83 Å². The highest BCUT2D eigenvalue weighted by Crippen LogP contribution is 2.55. The molecule has 0 aliphatic carbocycles. The third-order valence-corrected chi connectivity index (χ3v) is 12.8. The smallest absolute Gasteiger partial charge is 0.247 e. The minimum Gasteiger partial charge on any atom is -0.418 e. The number of oxazole rings is 2. The molecule has 0 saturated heterocycles. The highest BCUT2D eigenvalue weighted by atomic mass is 16.4. The molecule has 2 aliphatic rings. The summed E-state index contributed by atoms with van der Waals surface area (Å²) in [5, 5.41) is 0. The number of rotatable bonds is 5. The van der Waals surface area contributed by atoms with Crippen molar-refractivity contribution in [2.75, 3.05) is 9.80 Å². The van der Waals surface area contributed by atoms with E-state index in [0.29, 0.717) is 34.2 Å². The Morgan fingerprint density at radius 1 is 0.387 bits per heavy atom. The predicted octanol–water partition coefficient (Wildman–Crippen LogP) is 14.0. The molecule has 0 fully saturated rings. The summed E-state index contributed by atoms with van der Waals surface area (Å²) in [6, 6.07) is 55.7. The number of nitrogens with zero attached hydrogens (tertiary/aromatic N) is 6. The van der Waals surface area contributed by atoms with Gasteiger partial charge in [0.05, 0.1) is 22.7 Å². The van der Waals surface area contributed by atoms with Crippen LogP contribution in [0.25, 0.3) is 56.5 Å². The van der Waals surface area contributed by atoms with E-state index in [1.165, 1.54) is 22.3 Å². The van der Waals surface area contributed by atoms with Crippen LogP contribution in [0.3, 0.4) is 0 Å². The molecule has 298 valence electrons. The summed E-state index contributed by atoms with van der Waals surface area (Å²) in [4.78, 5) is 23.7. The van der Waals surface area contributed by atoms with Crippen LogP contribution in [-0.2, 0) is 10.8 Å². The lowest BCUT2D eigenvalue weighted by Crippen LogP contribution is -2.30. The number of fused-ring (bicyclic) bond motifs is 6. The molecule has 10 aromatic rings. The predicted molar refractivity (Wildman–Crippen MR) is 247 cm³/mol. The van der Waals surface area contributed by atoms with E-state index in [4.69, 9.17) is 18.8 Å². The zero-order chi connectivity index (χ0) is 41.7. The average Bonchev–Trinajstić information content (AvgIpc) is 3.95. The average molecular weight is 805 g/mol. The lowest BCUT2D eigenvalue weighted by molar-refractivity contribution is 0.607. The van der Waals surface area contributed by atoms with Crippen LogP contribution >= 0.6 is 0 Å². The van der Waals surface area contributed by atoms with Gasteiger partial charge >= 0.3 is 0 Å². The fourth-order valence-corrected chi connectivity index (χ4v) is 9.74. The first-order valence-electron chi connectivity index (χ1n) is 21.0. The minimum atomic E-state index is -0.219. The molecule has 0 spiro atoms. The van der Waals surface area contributed by atoms with Crippen LogP contribution in [0.4, 0.5) is 34.1 Å². The lowest BCUT2D eigenvalue weighted by atomic mass is 9.73. The van der Waals surface area contributed by atoms with Crippen molar-refractivity contribution >= 4 is 56.6 Å². The van der Waals surface area contributed by atoms with Gasteiger partial charge in [-0.15, -0.1) is 0 Å². The van der Waals surface area contributed by atoms with E-state index >= 15 is 0 Å². The second kappa shape index (κ2) is 13.3. The molecule has 6 aromatic carbocycles. The monoisotopic (exact) mass is 804 g/mol. The Balaban J connectivity index is 1.14. The molecule has 8 heteroatoms. The van der Waals surface area contributed by atoms with Crippen molar-refractivity contribution in [2.24, 2.45) is 0 Å². The van der Waals surface area contributed by atoms with Gasteiger partial charge in [-0.3, -0.25) is 0 Å². The number of aromatic nitrogens is 4. The van der Waals surface area contributed by atoms with Gasteiger partial charge < -0.3 is 18.6 Å². The summed E-state index contributed by atoms with van der Waals surface area (Å²) >= 11 is 0. The summed E-state index contributed by atoms with van der Waals surface area (Å²) in [7, 11) is 0. The summed E-state index contributed by atoms with van der Waals surface area (Å²) in [6.45, 7) is 9.23. The molecule has 0 bridgehead atoms. The molecule has 0 N–H and O–H groups in total. The van der Waals surface area contributed by atoms with Crippen LogP contribution in [-0.4, -0.2) is 19.9 Å². The van der Waals surface area contributed by atoms with Crippen molar-refractivity contribution in [1.29, 1.82) is 0 Å². The first-order valence-corrected chi connectivity index (χ1v) is 21.0. The van der Waals surface area contributed by atoms with Crippen LogP contribution in [0.2, 0.25) is 0 Å². The standard InChI is InChI=1S/C54H40N6O2/c1-53(2)39-15-5-9-21-45(39)59(46-22-10-6-16-40(46)53)37-29-33(27-35(31-37)49-57-43-19-13-25-55-51(43)61-49)34-28-36(50-58-44-20-14-26-56-52(44)62-50)32-38(30-34)60-47-23-11-7-17-41(47)54(3,4)42-18-8-12-24-48(42)60/h5-32H,1-4H3. The van der Waals surface area contributed by atoms with E-state index in [-0.39, 0.29) is 10.8 Å². The highest BCUT2D eigenvalue weighted by molar-refractivity contribution is 5.93. The van der Waals surface area contributed by atoms with Crippen LogP contribution in [0.15, 0.2) is 179 Å². The topological polar surface area (TPSA) is 84.3 Å². The number of pyridine rings is 2. The molecule has 0 unspecified atom stereocenters. The van der Waals surface area contributed by atoms with Gasteiger partial charge in [0.15, 0.2) is 0 Å². The Kier molecular flexibility index (Phi) is 7.75. The third-order valence-electron chi connectivity index (χ3n) is 12.8. The summed E-state index contributed by atoms with van der Waals surface area (Å²) in [5.74, 6) is 0.978. The van der Waals surface area contributed by atoms with Crippen molar-refractivity contribution in [1.82, 2.24) is 19.9 Å². The lowest BCUT2D eigenvalue weighted by Gasteiger charge is -2.42. The van der Waals surface area contributed by atoms with Crippen molar-refractivity contribution in [3.8, 4) is 34.0 Å². The van der Waals surface area contributed by atoms with Crippen molar-refractivity contribution in [2.45, 2.75) is 38.5 Å². The second-order valence-corrected chi connectivity index (χ2v) is 17.2. The van der Waals surface area contributed by atoms with Crippen LogP contribution in [0.1, 0.15) is 49.9 Å². The molecule has 0 atom stereocenters. The molecular formula is C54H40N6O2. The molecule has 62 heavy (non-hydrogen) atoms. The molecule has 8 nitrogen and oxygen atoms in total. The van der Waals surface area contributed by atoms with E-state index in [1.807, 2.05) is 24.3 Å². The molecule has 12 rings (SSSR count). The highest BCUT2D eigenvalue weighted by Gasteiger charge is 2.38. The van der Waals surface area contributed by atoms with Crippen LogP contribution in [0, 0.1) is 0 Å². The summed E-state index contributed by atoms with van der Waals surface area (Å²) < 4.78 is 12.8. The maximum absolute atomic E-state index is 6.42. The van der Waals surface area contributed by atoms with E-state index in [2.05, 4.69) is 181 Å². The largest absolute Gasteiger partial charge is 0.418 e. The molecule has 4 aromatic heterocycles. The number of benzene rings is 6. The van der Waals surface area contributed by atoms with Crippen LogP contribution < -0.4 is 9.80 Å². The summed E-state index contributed by atoms with van der Waals surface area (Å²) in [6.07, 6.45) is 3.46. The van der Waals surface area contributed by atoms with Gasteiger partial charge in [0.1, 0.15) is 11.0 Å². The normalized spacial score (nSPS) is 14.6. The van der Waals surface area contributed by atoms with Gasteiger partial charge in [0, 0.05) is 45.7 Å². The zero-order valence-electron chi connectivity index (χ0n) is 34.7. The van der Waals surface area contributed by atoms with Gasteiger partial charge in [-0.1, -0.05) is 100 Å². The Bertz CT molecular complexity index is 3020. The fraction of sp³-hybridized carbons (Fsp3) is 0.111. The van der Waals surface area contributed by atoms with Crippen molar-refractivity contribution in [3.05, 3.63) is 192 Å². The molecule has 0 radical (unpaired) electrons. The fourth-order valence-electron chi connectivity index (χ4n) is 9.74. The Hall–Kier alpha value is -7.84. The molecule has 2 aliphatic heterocycles. The molecule has 0 saturated carbocycles. The zero-order valence-corrected chi connectivity index (χ0v) is 34.7. The van der Waals surface area contributed by atoms with Gasteiger partial charge in [0.2, 0.25) is 23.2 Å². The quantitative estimate of drug-likeness (QED) is 0.170. The number of hydrogen-bond donors (Lipinski definition) is 0. The van der Waals surface area contributed by atoms with E-state index < -0.39 is 0 Å². The minimum absolute atomic E-state index is 0.219. The number of para-hydroxylation sites is 4. The van der Waals surface area contributed by atoms with Crippen LogP contribution in [0.5, 0.6) is 0 Å². The molecule has 6 heterocycles. The maximum Gasteiger partial charge on any atom is 0.247 e. The summed E-state index contributed by atoms with van der Waals surface area (Å²) in [5.41, 5.74) is 16.9. The molecular weight excluding hydrogens is 765 g/mol. The Morgan fingerprint density at radius 3 is 1.08 bits per heavy atom. The number of anilines is 6. The Morgan fingerprint density at radius 2 is 0.726 bits per heavy atom. The van der Waals surface area contributed by atoms with Crippen molar-refractivity contribution in [3.63, 3.8) is 0 Å². The second-order valence-electron chi connectivity index (χ2n) is 17.2. The van der Waals surface area contributed by atoms with Gasteiger partial charge in [-0.25, -0.2) is 19.9 Å². The first kappa shape index (κ1) is 36.0. The van der Waals surface area contributed by atoms with E-state index in [0.717, 1.165) is 56.4 Å². The van der Waals surface area contributed by atoms with E-state index in [9.17, 15) is 0 Å². The molecule has 0 amide bonds. The van der Waals surface area contributed by atoms with Gasteiger partial charge in [-0.05, 0) is 118 Å². The maximum atomic E-state index is 6.42. The van der Waals surface area contributed by atoms with Gasteiger partial charge in [-0.2, -0.15) is 0 Å².